The van der Waals surface area contributed by atoms with Crippen LogP contribution in [0.3, 0.4) is 0 Å². The van der Waals surface area contributed by atoms with Crippen molar-refractivity contribution in [1.29, 1.82) is 5.26 Å². The van der Waals surface area contributed by atoms with Crippen molar-refractivity contribution in [2.45, 2.75) is 70.2 Å². The highest BCUT2D eigenvalue weighted by molar-refractivity contribution is 5.87. The molecule has 3 unspecified atom stereocenters. The van der Waals surface area contributed by atoms with Crippen LogP contribution in [-0.4, -0.2) is 163 Å². The van der Waals surface area contributed by atoms with Gasteiger partial charge in [-0.1, -0.05) is 30.3 Å². The molecule has 0 saturated carbocycles. The second kappa shape index (κ2) is 29.3. The number of nitrogens with zero attached hydrogens (tertiary/aromatic N) is 16. The van der Waals surface area contributed by atoms with Crippen molar-refractivity contribution in [1.82, 2.24) is 58.0 Å². The molecule has 6 aliphatic heterocycles. The number of benzene rings is 6. The zero-order valence-electron chi connectivity index (χ0n) is 58.6. The van der Waals surface area contributed by atoms with Crippen LogP contribution in [0.4, 0.5) is 17.8 Å². The SMILES string of the molecule is COc1ccc(C#N)cc1C1CCn2c(=O)c3ccc(-c4cnc(N5CCOCC5)nc4)cc3n21.COc1ccc(CN)cc1C1CCn2c(=O)c3ccc(-c4cnc(N5CCOCC5)nc4)cc3n21.COc1ccc(CO)cc1C1CCn2c(=O)c3ccc(-c4cnc(N5CCOCC5)nc4)cc3n21. The number of fused-ring (bicyclic) bond motifs is 9. The Morgan fingerprint density at radius 1 is 0.429 bits per heavy atom. The zero-order valence-corrected chi connectivity index (χ0v) is 58.6. The van der Waals surface area contributed by atoms with Crippen LogP contribution >= 0.6 is 0 Å². The molecule has 3 atom stereocenters. The van der Waals surface area contributed by atoms with E-state index in [1.165, 1.54) is 0 Å². The van der Waals surface area contributed by atoms with Crippen LogP contribution in [0.5, 0.6) is 17.2 Å². The summed E-state index contributed by atoms with van der Waals surface area (Å²) in [5.74, 6) is 4.38. The summed E-state index contributed by atoms with van der Waals surface area (Å²) in [5.41, 5.74) is 19.4. The molecule has 0 bridgehead atoms. The number of ether oxygens (including phenoxy) is 6. The Balaban J connectivity index is 0.000000121. The highest BCUT2D eigenvalue weighted by Gasteiger charge is 2.34. The van der Waals surface area contributed by atoms with E-state index in [0.29, 0.717) is 111 Å². The Labute approximate surface area is 603 Å². The van der Waals surface area contributed by atoms with Gasteiger partial charge in [0.05, 0.1) is 130 Å². The third-order valence-corrected chi connectivity index (χ3v) is 20.9. The number of hydrogen-bond acceptors (Lipinski definition) is 21. The summed E-state index contributed by atoms with van der Waals surface area (Å²) in [6.45, 7) is 11.1. The predicted octanol–water partition coefficient (Wildman–Crippen LogP) is 8.12. The number of morpholine rings is 3. The van der Waals surface area contributed by atoms with Crippen molar-refractivity contribution in [2.75, 3.05) is 115 Å². The molecule has 0 spiro atoms. The van der Waals surface area contributed by atoms with Gasteiger partial charge in [0, 0.05) is 136 Å². The minimum Gasteiger partial charge on any atom is -0.496 e. The fourth-order valence-electron chi connectivity index (χ4n) is 15.5. The maximum Gasteiger partial charge on any atom is 0.274 e. The molecule has 12 aromatic rings. The lowest BCUT2D eigenvalue weighted by Gasteiger charge is -2.26. The van der Waals surface area contributed by atoms with Crippen molar-refractivity contribution in [3.8, 4) is 56.7 Å². The van der Waals surface area contributed by atoms with Crippen LogP contribution in [0.1, 0.15) is 70.8 Å². The molecule has 3 saturated heterocycles. The molecule has 27 nitrogen and oxygen atoms in total. The highest BCUT2D eigenvalue weighted by Crippen LogP contribution is 2.42. The summed E-state index contributed by atoms with van der Waals surface area (Å²) in [6, 6.07) is 36.9. The van der Waals surface area contributed by atoms with Crippen LogP contribution in [0, 0.1) is 11.3 Å². The Hall–Kier alpha value is -11.5. The summed E-state index contributed by atoms with van der Waals surface area (Å²) in [5, 5.41) is 21.2. The summed E-state index contributed by atoms with van der Waals surface area (Å²) in [6.07, 6.45) is 13.4. The number of aliphatic hydroxyl groups is 1. The van der Waals surface area contributed by atoms with Gasteiger partial charge in [0.1, 0.15) is 17.2 Å². The average molecular weight is 1410 g/mol. The first-order valence-electron chi connectivity index (χ1n) is 35.5. The Morgan fingerprint density at radius 2 is 0.752 bits per heavy atom. The molecule has 536 valence electrons. The largest absolute Gasteiger partial charge is 0.496 e. The van der Waals surface area contributed by atoms with E-state index < -0.39 is 0 Å². The fourth-order valence-corrected chi connectivity index (χ4v) is 15.5. The smallest absolute Gasteiger partial charge is 0.274 e. The highest BCUT2D eigenvalue weighted by atomic mass is 16.5. The van der Waals surface area contributed by atoms with Crippen molar-refractivity contribution < 1.29 is 33.5 Å². The molecule has 6 aromatic heterocycles. The van der Waals surface area contributed by atoms with Gasteiger partial charge >= 0.3 is 0 Å². The van der Waals surface area contributed by atoms with E-state index in [9.17, 15) is 24.8 Å². The third kappa shape index (κ3) is 12.8. The summed E-state index contributed by atoms with van der Waals surface area (Å²) >= 11 is 0. The van der Waals surface area contributed by atoms with Gasteiger partial charge in [-0.05, 0) is 126 Å². The van der Waals surface area contributed by atoms with Gasteiger partial charge in [-0.25, -0.2) is 43.9 Å². The number of anilines is 3. The minimum atomic E-state index is -0.112. The van der Waals surface area contributed by atoms with Crippen molar-refractivity contribution in [2.24, 2.45) is 5.73 Å². The minimum absolute atomic E-state index is 0.00486. The normalized spacial score (nSPS) is 17.6. The number of hydrogen-bond donors (Lipinski definition) is 2. The van der Waals surface area contributed by atoms with Gasteiger partial charge in [-0.15, -0.1) is 0 Å². The number of aromatic nitrogens is 12. The lowest BCUT2D eigenvalue weighted by Crippen LogP contribution is -2.37. The Kier molecular flexibility index (Phi) is 19.0. The topological polar surface area (TPSA) is 293 Å². The quantitative estimate of drug-likeness (QED) is 0.104. The molecule has 3 N–H and O–H groups in total. The van der Waals surface area contributed by atoms with Gasteiger partial charge in [0.2, 0.25) is 17.8 Å². The first-order valence-corrected chi connectivity index (χ1v) is 35.5. The van der Waals surface area contributed by atoms with E-state index in [4.69, 9.17) is 34.2 Å². The Morgan fingerprint density at radius 3 is 1.08 bits per heavy atom. The molecule has 6 aliphatic rings. The molecule has 6 aromatic carbocycles. The molecule has 27 heteroatoms. The zero-order chi connectivity index (χ0) is 71.8. The van der Waals surface area contributed by atoms with Crippen molar-refractivity contribution in [3.05, 3.63) is 211 Å². The van der Waals surface area contributed by atoms with E-state index in [1.54, 1.807) is 32.1 Å². The molecule has 0 aliphatic carbocycles. The first kappa shape index (κ1) is 67.9. The van der Waals surface area contributed by atoms with Crippen molar-refractivity contribution >= 4 is 50.6 Å². The molecule has 18 rings (SSSR count). The summed E-state index contributed by atoms with van der Waals surface area (Å²) < 4.78 is 44.8. The maximum absolute atomic E-state index is 13.2. The molecule has 3 fully saturated rings. The van der Waals surface area contributed by atoms with E-state index in [2.05, 4.69) is 72.2 Å². The molecular weight excluding hydrogens is 1330 g/mol. The van der Waals surface area contributed by atoms with Crippen LogP contribution in [0.2, 0.25) is 0 Å². The average Bonchev–Trinajstić information content (AvgIpc) is 1.60. The monoisotopic (exact) mass is 1410 g/mol. The summed E-state index contributed by atoms with van der Waals surface area (Å²) in [4.78, 5) is 73.4. The van der Waals surface area contributed by atoms with Gasteiger partial charge in [0.25, 0.3) is 16.7 Å². The second-order valence-electron chi connectivity index (χ2n) is 26.6. The number of rotatable bonds is 14. The Bertz CT molecular complexity index is 5230. The lowest BCUT2D eigenvalue weighted by atomic mass is 10.00. The second-order valence-corrected chi connectivity index (χ2v) is 26.6. The molecule has 0 amide bonds. The molecule has 105 heavy (non-hydrogen) atoms. The molecule has 0 radical (unpaired) electrons. The van der Waals surface area contributed by atoms with Crippen LogP contribution < -0.4 is 51.3 Å². The molecule has 12 heterocycles. The van der Waals surface area contributed by atoms with E-state index in [1.807, 2.05) is 142 Å². The number of methoxy groups -OCH3 is 3. The van der Waals surface area contributed by atoms with Gasteiger partial charge in [-0.3, -0.25) is 28.4 Å². The van der Waals surface area contributed by atoms with Crippen LogP contribution in [0.25, 0.3) is 66.1 Å². The standard InChI is InChI=1S/C26H28N6O3.C26H24N6O3.C26H27N5O4/c2*1-34-24-5-2-17(14-27)12-21(24)22-6-7-31-25(33)20-4-3-18(13-23(20)32(22)31)19-15-28-26(29-16-19)30-8-10-35-11-9-30;1-34-24-5-2-17(16-32)12-21(24)22-6-7-30-25(33)20-4-3-18(13-23(20)31(22)30)19-14-27-26(28-15-19)29-8-10-35-11-9-29/h2-5,12-13,15-16,22H,6-11,14,27H2,1H3;2-5,12-13,15-16,22H,6-11H2,1H3;2-5,12-15,22,32H,6-11,16H2,1H3. The number of nitriles is 1. The first-order chi connectivity index (χ1) is 51.5. The molecular formula is C78H79N17O10. The van der Waals surface area contributed by atoms with Crippen LogP contribution in [0.15, 0.2) is 161 Å². The van der Waals surface area contributed by atoms with E-state index in [-0.39, 0.29) is 41.4 Å². The number of aliphatic hydroxyl groups excluding tert-OH is 1. The predicted molar refractivity (Wildman–Crippen MR) is 397 cm³/mol. The number of nitrogens with two attached hydrogens (primary N) is 1. The maximum atomic E-state index is 13.2. The van der Waals surface area contributed by atoms with Crippen molar-refractivity contribution in [3.63, 3.8) is 0 Å². The van der Waals surface area contributed by atoms with Gasteiger partial charge in [0.15, 0.2) is 0 Å². The fraction of sp³-hybridized carbons (Fsp3) is 0.333. The van der Waals surface area contributed by atoms with Gasteiger partial charge in [-0.2, -0.15) is 5.26 Å². The van der Waals surface area contributed by atoms with Gasteiger partial charge < -0.3 is 54.0 Å². The van der Waals surface area contributed by atoms with Crippen LogP contribution in [-0.2, 0) is 47.0 Å². The lowest BCUT2D eigenvalue weighted by molar-refractivity contribution is 0.122. The van der Waals surface area contributed by atoms with E-state index >= 15 is 0 Å². The van der Waals surface area contributed by atoms with E-state index in [0.717, 1.165) is 148 Å². The third-order valence-electron chi connectivity index (χ3n) is 20.9. The summed E-state index contributed by atoms with van der Waals surface area (Å²) in [7, 11) is 4.95.